The molecule has 0 bridgehead atoms. The van der Waals surface area contributed by atoms with Gasteiger partial charge in [0.1, 0.15) is 0 Å². The standard InChI is InChI=1S/C8H5NO6.Co/c10-7(11)5-2-1-4(9(14)15)3-6(5)8(12)13;/h1-3H,(H,10,11)(H,12,13);/q;+2/p-2. The number of aromatic carboxylic acids is 2. The van der Waals surface area contributed by atoms with Crippen molar-refractivity contribution in [3.63, 3.8) is 0 Å². The Morgan fingerprint density at radius 2 is 1.56 bits per heavy atom. The molecule has 8 heteroatoms. The van der Waals surface area contributed by atoms with Gasteiger partial charge in [0, 0.05) is 23.3 Å². The van der Waals surface area contributed by atoms with Crippen LogP contribution in [0.4, 0.5) is 5.69 Å². The van der Waals surface area contributed by atoms with Gasteiger partial charge in [0.05, 0.1) is 16.9 Å². The van der Waals surface area contributed by atoms with Crippen molar-refractivity contribution in [3.05, 3.63) is 39.4 Å². The van der Waals surface area contributed by atoms with E-state index in [0.29, 0.717) is 6.07 Å². The molecule has 0 unspecified atom stereocenters. The van der Waals surface area contributed by atoms with E-state index >= 15 is 0 Å². The van der Waals surface area contributed by atoms with Crippen molar-refractivity contribution in [3.8, 4) is 0 Å². The van der Waals surface area contributed by atoms with Crippen LogP contribution in [0, 0.1) is 10.1 Å². The van der Waals surface area contributed by atoms with Crippen molar-refractivity contribution in [2.24, 2.45) is 0 Å². The molecule has 0 N–H and O–H groups in total. The minimum atomic E-state index is -1.81. The third-order valence-corrected chi connectivity index (χ3v) is 1.65. The van der Waals surface area contributed by atoms with Gasteiger partial charge in [0.25, 0.3) is 5.69 Å². The molecule has 0 aliphatic rings. The molecule has 0 saturated carbocycles. The maximum Gasteiger partial charge on any atom is 2.00 e. The van der Waals surface area contributed by atoms with Crippen LogP contribution < -0.4 is 10.2 Å². The van der Waals surface area contributed by atoms with E-state index in [1.54, 1.807) is 0 Å². The number of hydrogen-bond acceptors (Lipinski definition) is 6. The fraction of sp³-hybridized carbons (Fsp3) is 0. The van der Waals surface area contributed by atoms with E-state index in [-0.39, 0.29) is 16.8 Å². The van der Waals surface area contributed by atoms with Crippen LogP contribution in [0.3, 0.4) is 0 Å². The van der Waals surface area contributed by atoms with Crippen LogP contribution in [0.5, 0.6) is 0 Å². The second-order valence-electron chi connectivity index (χ2n) is 2.56. The number of carboxylic acids is 2. The minimum absolute atomic E-state index is 0. The molecule has 85 valence electrons. The molecule has 0 aromatic heterocycles. The number of nitro groups is 1. The van der Waals surface area contributed by atoms with Gasteiger partial charge in [-0.15, -0.1) is 0 Å². The molecule has 1 aromatic carbocycles. The summed E-state index contributed by atoms with van der Waals surface area (Å²) in [5.41, 5.74) is -1.95. The van der Waals surface area contributed by atoms with Gasteiger partial charge >= 0.3 is 16.8 Å². The fourth-order valence-corrected chi connectivity index (χ4v) is 0.993. The largest absolute Gasteiger partial charge is 2.00 e. The number of benzene rings is 1. The van der Waals surface area contributed by atoms with Gasteiger partial charge in [-0.3, -0.25) is 10.1 Å². The number of carbonyl (C=O) groups excluding carboxylic acids is 2. The smallest absolute Gasteiger partial charge is 0.545 e. The Bertz CT molecular complexity index is 458. The molecule has 0 heterocycles. The Morgan fingerprint density at radius 1 is 1.06 bits per heavy atom. The zero-order chi connectivity index (χ0) is 11.6. The maximum atomic E-state index is 10.5. The third kappa shape index (κ3) is 2.78. The van der Waals surface area contributed by atoms with E-state index in [9.17, 15) is 29.9 Å². The van der Waals surface area contributed by atoms with Crippen molar-refractivity contribution in [1.82, 2.24) is 0 Å². The van der Waals surface area contributed by atoms with Gasteiger partial charge < -0.3 is 19.8 Å². The van der Waals surface area contributed by atoms with Crippen LogP contribution in [0.2, 0.25) is 0 Å². The molecule has 0 amide bonds. The predicted molar refractivity (Wildman–Crippen MR) is 41.8 cm³/mol. The Kier molecular flexibility index (Phi) is 4.60. The Balaban J connectivity index is 0.00000225. The maximum absolute atomic E-state index is 10.5. The zero-order valence-corrected chi connectivity index (χ0v) is 8.50. The summed E-state index contributed by atoms with van der Waals surface area (Å²) in [7, 11) is 0. The van der Waals surface area contributed by atoms with Gasteiger partial charge in [-0.1, -0.05) is 0 Å². The van der Waals surface area contributed by atoms with Crippen LogP contribution in [0.1, 0.15) is 20.7 Å². The molecular formula is C8H3CoNO6. The first-order valence-corrected chi connectivity index (χ1v) is 3.64. The number of nitrogens with zero attached hydrogens (tertiary/aromatic N) is 1. The van der Waals surface area contributed by atoms with E-state index in [0.717, 1.165) is 12.1 Å². The number of nitro benzene ring substituents is 1. The Labute approximate surface area is 99.0 Å². The van der Waals surface area contributed by atoms with Gasteiger partial charge in [-0.05, 0) is 6.07 Å². The number of carboxylic acid groups (broad SMARTS) is 2. The predicted octanol–water partition coefficient (Wildman–Crippen LogP) is -1.68. The first-order valence-electron chi connectivity index (χ1n) is 3.64. The number of rotatable bonds is 3. The van der Waals surface area contributed by atoms with Crippen LogP contribution in [-0.4, -0.2) is 16.9 Å². The van der Waals surface area contributed by atoms with E-state index in [1.165, 1.54) is 0 Å². The molecule has 0 saturated heterocycles. The first-order chi connectivity index (χ1) is 6.93. The molecule has 0 aliphatic carbocycles. The van der Waals surface area contributed by atoms with Crippen LogP contribution in [0.15, 0.2) is 18.2 Å². The molecule has 0 atom stereocenters. The monoisotopic (exact) mass is 268 g/mol. The molecule has 16 heavy (non-hydrogen) atoms. The molecule has 1 rings (SSSR count). The Hall–Kier alpha value is -1.93. The van der Waals surface area contributed by atoms with Gasteiger partial charge in [0.2, 0.25) is 0 Å². The summed E-state index contributed by atoms with van der Waals surface area (Å²) in [6.45, 7) is 0. The van der Waals surface area contributed by atoms with E-state index in [1.807, 2.05) is 0 Å². The van der Waals surface area contributed by atoms with E-state index < -0.39 is 33.7 Å². The van der Waals surface area contributed by atoms with Crippen LogP contribution >= 0.6 is 0 Å². The van der Waals surface area contributed by atoms with Gasteiger partial charge in [-0.2, -0.15) is 0 Å². The van der Waals surface area contributed by atoms with Crippen molar-refractivity contribution < 1.29 is 41.5 Å². The van der Waals surface area contributed by atoms with Crippen LogP contribution in [-0.2, 0) is 16.8 Å². The second kappa shape index (κ2) is 5.23. The summed E-state index contributed by atoms with van der Waals surface area (Å²) in [4.78, 5) is 30.4. The minimum Gasteiger partial charge on any atom is -0.545 e. The summed E-state index contributed by atoms with van der Waals surface area (Å²) in [6.07, 6.45) is 0. The normalized spacial score (nSPS) is 9.00. The van der Waals surface area contributed by atoms with E-state index in [4.69, 9.17) is 0 Å². The van der Waals surface area contributed by atoms with Crippen molar-refractivity contribution in [2.45, 2.75) is 0 Å². The SMILES string of the molecule is O=C([O-])c1ccc([N+](=O)[O-])cc1C(=O)[O-].[Co+2]. The van der Waals surface area contributed by atoms with Gasteiger partial charge in [0.15, 0.2) is 0 Å². The molecule has 0 spiro atoms. The quantitative estimate of drug-likeness (QED) is 0.476. The van der Waals surface area contributed by atoms with Crippen molar-refractivity contribution in [1.29, 1.82) is 0 Å². The van der Waals surface area contributed by atoms with Crippen LogP contribution in [0.25, 0.3) is 0 Å². The summed E-state index contributed by atoms with van der Waals surface area (Å²) < 4.78 is 0. The molecule has 1 aromatic rings. The topological polar surface area (TPSA) is 123 Å². The average Bonchev–Trinajstić information content (AvgIpc) is 2.16. The summed E-state index contributed by atoms with van der Waals surface area (Å²) in [5, 5.41) is 31.2. The molecule has 7 nitrogen and oxygen atoms in total. The molecule has 1 radical (unpaired) electrons. The molecular weight excluding hydrogens is 265 g/mol. The molecule has 0 fully saturated rings. The number of carbonyl (C=O) groups is 2. The van der Waals surface area contributed by atoms with E-state index in [2.05, 4.69) is 0 Å². The van der Waals surface area contributed by atoms with Crippen molar-refractivity contribution in [2.75, 3.05) is 0 Å². The third-order valence-electron chi connectivity index (χ3n) is 1.65. The van der Waals surface area contributed by atoms with Gasteiger partial charge in [-0.25, -0.2) is 0 Å². The second-order valence-corrected chi connectivity index (χ2v) is 2.56. The summed E-state index contributed by atoms with van der Waals surface area (Å²) in [5.74, 6) is -3.54. The zero-order valence-electron chi connectivity index (χ0n) is 7.46. The average molecular weight is 268 g/mol. The Morgan fingerprint density at radius 3 is 1.94 bits per heavy atom. The number of non-ortho nitro benzene ring substituents is 1. The fourth-order valence-electron chi connectivity index (χ4n) is 0.993. The number of hydrogen-bond donors (Lipinski definition) is 0. The molecule has 0 aliphatic heterocycles. The summed E-state index contributed by atoms with van der Waals surface area (Å²) >= 11 is 0. The summed E-state index contributed by atoms with van der Waals surface area (Å²) in [6, 6.07) is 2.27. The van der Waals surface area contributed by atoms with Crippen molar-refractivity contribution >= 4 is 17.6 Å². The first kappa shape index (κ1) is 14.1.